The topological polar surface area (TPSA) is 41.1 Å². The van der Waals surface area contributed by atoms with Gasteiger partial charge in [-0.15, -0.1) is 12.4 Å². The minimum atomic E-state index is 0. The van der Waals surface area contributed by atoms with Gasteiger partial charge in [0.1, 0.15) is 0 Å². The number of carbonyl (C=O) groups is 1. The second-order valence-electron chi connectivity index (χ2n) is 6.96. The van der Waals surface area contributed by atoms with Crippen molar-refractivity contribution in [3.63, 3.8) is 0 Å². The van der Waals surface area contributed by atoms with E-state index in [-0.39, 0.29) is 29.6 Å². The van der Waals surface area contributed by atoms with Crippen molar-refractivity contribution in [3.8, 4) is 0 Å². The first-order chi connectivity index (χ1) is 10.3. The first-order valence-corrected chi connectivity index (χ1v) is 8.39. The summed E-state index contributed by atoms with van der Waals surface area (Å²) in [4.78, 5) is 12.5. The number of aryl methyl sites for hydroxylation is 1. The lowest BCUT2D eigenvalue weighted by Crippen LogP contribution is -2.39. The van der Waals surface area contributed by atoms with Gasteiger partial charge in [-0.05, 0) is 56.2 Å². The molecule has 2 N–H and O–H groups in total. The van der Waals surface area contributed by atoms with Gasteiger partial charge in [-0.3, -0.25) is 4.79 Å². The number of hydrogen-bond acceptors (Lipinski definition) is 2. The number of hydrogen-bond donors (Lipinski definition) is 2. The summed E-state index contributed by atoms with van der Waals surface area (Å²) in [7, 11) is 0. The second kappa shape index (κ2) is 6.21. The van der Waals surface area contributed by atoms with Crippen molar-refractivity contribution < 1.29 is 4.79 Å². The first kappa shape index (κ1) is 15.8. The van der Waals surface area contributed by atoms with Gasteiger partial charge in [-0.25, -0.2) is 0 Å². The molecule has 1 saturated heterocycles. The predicted octanol–water partition coefficient (Wildman–Crippen LogP) is 2.57. The normalized spacial score (nSPS) is 32.2. The quantitative estimate of drug-likeness (QED) is 0.898. The van der Waals surface area contributed by atoms with Gasteiger partial charge < -0.3 is 10.6 Å². The Bertz CT molecular complexity index is 556. The van der Waals surface area contributed by atoms with Crippen LogP contribution in [0.5, 0.6) is 0 Å². The Kier molecular flexibility index (Phi) is 4.47. The molecule has 1 saturated carbocycles. The zero-order valence-electron chi connectivity index (χ0n) is 12.9. The summed E-state index contributed by atoms with van der Waals surface area (Å²) in [6.07, 6.45) is 7.07. The smallest absolute Gasteiger partial charge is 0.224 e. The van der Waals surface area contributed by atoms with Gasteiger partial charge >= 0.3 is 0 Å². The van der Waals surface area contributed by atoms with Crippen LogP contribution in [-0.2, 0) is 16.6 Å². The van der Waals surface area contributed by atoms with Crippen LogP contribution in [0.3, 0.4) is 0 Å². The van der Waals surface area contributed by atoms with E-state index in [9.17, 15) is 4.79 Å². The SMILES string of the molecule is Cl.O=C(NCC1CCCN1)C1CC12CCCc1ccccc12. The van der Waals surface area contributed by atoms with Crippen molar-refractivity contribution in [1.29, 1.82) is 0 Å². The van der Waals surface area contributed by atoms with Crippen molar-refractivity contribution in [2.24, 2.45) is 5.92 Å². The molecule has 3 atom stereocenters. The van der Waals surface area contributed by atoms with Crippen LogP contribution in [0.1, 0.15) is 43.2 Å². The average molecular weight is 321 g/mol. The Labute approximate surface area is 138 Å². The number of halogens is 1. The number of carbonyl (C=O) groups excluding carboxylic acids is 1. The predicted molar refractivity (Wildman–Crippen MR) is 90.4 cm³/mol. The third-order valence-electron chi connectivity index (χ3n) is 5.70. The van der Waals surface area contributed by atoms with Gasteiger partial charge in [0.05, 0.1) is 0 Å². The van der Waals surface area contributed by atoms with E-state index in [0.29, 0.717) is 6.04 Å². The van der Waals surface area contributed by atoms with Crippen molar-refractivity contribution >= 4 is 18.3 Å². The fraction of sp³-hybridized carbons (Fsp3) is 0.611. The van der Waals surface area contributed by atoms with E-state index in [1.807, 2.05) is 0 Å². The Morgan fingerprint density at radius 1 is 1.32 bits per heavy atom. The minimum absolute atomic E-state index is 0. The maximum absolute atomic E-state index is 12.5. The van der Waals surface area contributed by atoms with Gasteiger partial charge in [0.15, 0.2) is 0 Å². The molecule has 0 radical (unpaired) electrons. The Morgan fingerprint density at radius 3 is 3.00 bits per heavy atom. The molecular formula is C18H25ClN2O. The van der Waals surface area contributed by atoms with Gasteiger partial charge in [-0.2, -0.15) is 0 Å². The Morgan fingerprint density at radius 2 is 2.18 bits per heavy atom. The summed E-state index contributed by atoms with van der Waals surface area (Å²) in [6.45, 7) is 1.90. The molecule has 120 valence electrons. The molecule has 4 heteroatoms. The lowest BCUT2D eigenvalue weighted by atomic mass is 9.78. The molecule has 2 aliphatic carbocycles. The highest BCUT2D eigenvalue weighted by Crippen LogP contribution is 2.60. The highest BCUT2D eigenvalue weighted by atomic mass is 35.5. The molecule has 3 unspecified atom stereocenters. The van der Waals surface area contributed by atoms with Gasteiger partial charge in [0, 0.05) is 23.9 Å². The molecule has 0 bridgehead atoms. The fourth-order valence-corrected chi connectivity index (χ4v) is 4.45. The number of fused-ring (bicyclic) bond motifs is 2. The molecular weight excluding hydrogens is 296 g/mol. The largest absolute Gasteiger partial charge is 0.354 e. The monoisotopic (exact) mass is 320 g/mol. The fourth-order valence-electron chi connectivity index (χ4n) is 4.45. The summed E-state index contributed by atoms with van der Waals surface area (Å²) >= 11 is 0. The molecule has 1 aromatic carbocycles. The van der Waals surface area contributed by atoms with Gasteiger partial charge in [0.2, 0.25) is 5.91 Å². The van der Waals surface area contributed by atoms with Crippen LogP contribution in [0.15, 0.2) is 24.3 Å². The number of benzene rings is 1. The van der Waals surface area contributed by atoms with Crippen molar-refractivity contribution in [1.82, 2.24) is 10.6 Å². The molecule has 3 aliphatic rings. The molecule has 4 rings (SSSR count). The summed E-state index contributed by atoms with van der Waals surface area (Å²) in [5.74, 6) is 0.487. The molecule has 1 aliphatic heterocycles. The molecule has 1 aromatic rings. The molecule has 0 aromatic heterocycles. The van der Waals surface area contributed by atoms with Crippen molar-refractivity contribution in [2.75, 3.05) is 13.1 Å². The Hall–Kier alpha value is -1.06. The summed E-state index contributed by atoms with van der Waals surface area (Å²) < 4.78 is 0. The zero-order chi connectivity index (χ0) is 14.3. The van der Waals surface area contributed by atoms with Crippen LogP contribution in [0.2, 0.25) is 0 Å². The van der Waals surface area contributed by atoms with Crippen molar-refractivity contribution in [3.05, 3.63) is 35.4 Å². The van der Waals surface area contributed by atoms with Crippen LogP contribution in [0, 0.1) is 5.92 Å². The molecule has 22 heavy (non-hydrogen) atoms. The van der Waals surface area contributed by atoms with Crippen LogP contribution >= 0.6 is 12.4 Å². The number of rotatable bonds is 3. The highest BCUT2D eigenvalue weighted by molar-refractivity contribution is 5.85. The number of amides is 1. The summed E-state index contributed by atoms with van der Waals surface area (Å²) in [5.41, 5.74) is 3.09. The average Bonchev–Trinajstić information content (AvgIpc) is 2.98. The highest BCUT2D eigenvalue weighted by Gasteiger charge is 2.59. The van der Waals surface area contributed by atoms with E-state index in [2.05, 4.69) is 34.9 Å². The standard InChI is InChI=1S/C18H24N2O.ClH/c21-17(20-12-14-7-4-10-19-14)16-11-18(16)9-3-6-13-5-1-2-8-15(13)18;/h1-2,5,8,14,16,19H,3-4,6-7,9-12H2,(H,20,21);1H. The molecule has 1 spiro atoms. The van der Waals surface area contributed by atoms with Crippen LogP contribution in [0.25, 0.3) is 0 Å². The van der Waals surface area contributed by atoms with Crippen molar-refractivity contribution in [2.45, 2.75) is 50.0 Å². The molecule has 1 amide bonds. The van der Waals surface area contributed by atoms with Crippen LogP contribution in [-0.4, -0.2) is 25.0 Å². The van der Waals surface area contributed by atoms with E-state index in [4.69, 9.17) is 0 Å². The van der Waals surface area contributed by atoms with E-state index in [0.717, 1.165) is 19.5 Å². The third kappa shape index (κ3) is 2.65. The molecule has 1 heterocycles. The molecule has 3 nitrogen and oxygen atoms in total. The Balaban J connectivity index is 0.00000144. The lowest BCUT2D eigenvalue weighted by molar-refractivity contribution is -0.122. The molecule has 2 fully saturated rings. The zero-order valence-corrected chi connectivity index (χ0v) is 13.8. The van der Waals surface area contributed by atoms with E-state index in [1.54, 1.807) is 0 Å². The van der Waals surface area contributed by atoms with Crippen LogP contribution in [0.4, 0.5) is 0 Å². The first-order valence-electron chi connectivity index (χ1n) is 8.39. The lowest BCUT2D eigenvalue weighted by Gasteiger charge is -2.26. The third-order valence-corrected chi connectivity index (χ3v) is 5.70. The van der Waals surface area contributed by atoms with E-state index < -0.39 is 0 Å². The van der Waals surface area contributed by atoms with E-state index >= 15 is 0 Å². The number of nitrogens with one attached hydrogen (secondary N) is 2. The summed E-state index contributed by atoms with van der Waals surface area (Å²) in [6, 6.07) is 9.23. The minimum Gasteiger partial charge on any atom is -0.354 e. The van der Waals surface area contributed by atoms with Crippen LogP contribution < -0.4 is 10.6 Å². The second-order valence-corrected chi connectivity index (χ2v) is 6.96. The van der Waals surface area contributed by atoms with Gasteiger partial charge in [0.25, 0.3) is 0 Å². The maximum atomic E-state index is 12.5. The van der Waals surface area contributed by atoms with Gasteiger partial charge in [-0.1, -0.05) is 24.3 Å². The maximum Gasteiger partial charge on any atom is 0.224 e. The summed E-state index contributed by atoms with van der Waals surface area (Å²) in [5, 5.41) is 6.63. The van der Waals surface area contributed by atoms with E-state index in [1.165, 1.54) is 43.2 Å².